The molecule has 28 heavy (non-hydrogen) atoms. The van der Waals surface area contributed by atoms with Gasteiger partial charge in [-0.25, -0.2) is 14.4 Å². The molecule has 0 aliphatic heterocycles. The first kappa shape index (κ1) is 20.1. The lowest BCUT2D eigenvalue weighted by atomic mass is 10.2. The maximum absolute atomic E-state index is 13.3. The first-order valence-electron chi connectivity index (χ1n) is 8.19. The molecule has 0 radical (unpaired) electrons. The van der Waals surface area contributed by atoms with Crippen molar-refractivity contribution in [3.8, 4) is 0 Å². The van der Waals surface area contributed by atoms with E-state index in [4.69, 9.17) is 0 Å². The minimum atomic E-state index is -4.68. The number of nitrogens with zero attached hydrogens (tertiary/aromatic N) is 3. The van der Waals surface area contributed by atoms with Crippen LogP contribution in [0.25, 0.3) is 10.9 Å². The number of carbonyl (C=O) groups is 1. The molecule has 3 aromatic rings. The number of benzene rings is 2. The monoisotopic (exact) mass is 409 g/mol. The highest BCUT2D eigenvalue weighted by Crippen LogP contribution is 2.32. The zero-order chi connectivity index (χ0) is 20.3. The van der Waals surface area contributed by atoms with E-state index >= 15 is 0 Å². The average Bonchev–Trinajstić information content (AvgIpc) is 2.64. The van der Waals surface area contributed by atoms with E-state index in [1.165, 1.54) is 23.1 Å². The number of hydrogen-bond acceptors (Lipinski definition) is 4. The van der Waals surface area contributed by atoms with Gasteiger partial charge in [-0.1, -0.05) is 42.1 Å². The van der Waals surface area contributed by atoms with E-state index in [1.54, 1.807) is 37.4 Å². The van der Waals surface area contributed by atoms with Gasteiger partial charge in [0.25, 0.3) is 0 Å². The van der Waals surface area contributed by atoms with Crippen molar-refractivity contribution in [3.05, 3.63) is 65.7 Å². The fourth-order valence-electron chi connectivity index (χ4n) is 2.52. The van der Waals surface area contributed by atoms with Crippen molar-refractivity contribution in [1.82, 2.24) is 14.9 Å². The lowest BCUT2D eigenvalue weighted by Gasteiger charge is -2.17. The summed E-state index contributed by atoms with van der Waals surface area (Å²) in [4.78, 5) is 20.9. The second kappa shape index (κ2) is 8.14. The van der Waals surface area contributed by atoms with Crippen molar-refractivity contribution in [2.45, 2.75) is 17.7 Å². The molecule has 0 fully saturated rings. The number of hydrogen-bond donors (Lipinski definition) is 0. The number of thioether (sulfide) groups is 1. The molecule has 9 heteroatoms. The van der Waals surface area contributed by atoms with E-state index < -0.39 is 17.8 Å². The molecule has 0 unspecified atom stereocenters. The first-order valence-corrected chi connectivity index (χ1v) is 9.18. The van der Waals surface area contributed by atoms with Crippen LogP contribution >= 0.6 is 11.8 Å². The Hall–Kier alpha value is -2.68. The van der Waals surface area contributed by atoms with Gasteiger partial charge in [0, 0.05) is 19.0 Å². The quantitative estimate of drug-likeness (QED) is 0.353. The molecule has 1 heterocycles. The van der Waals surface area contributed by atoms with Gasteiger partial charge in [0.2, 0.25) is 11.7 Å². The summed E-state index contributed by atoms with van der Waals surface area (Å²) in [7, 11) is 1.55. The lowest BCUT2D eigenvalue weighted by molar-refractivity contribution is -0.145. The van der Waals surface area contributed by atoms with E-state index in [2.05, 4.69) is 9.97 Å². The number of alkyl halides is 3. The van der Waals surface area contributed by atoms with Gasteiger partial charge in [-0.05, 0) is 23.8 Å². The fraction of sp³-hybridized carbons (Fsp3) is 0.211. The molecular formula is C19H15F4N3OS. The minimum absolute atomic E-state index is 0.0884. The van der Waals surface area contributed by atoms with Gasteiger partial charge in [-0.2, -0.15) is 13.2 Å². The van der Waals surface area contributed by atoms with Crippen molar-refractivity contribution < 1.29 is 22.4 Å². The van der Waals surface area contributed by atoms with E-state index in [1.807, 2.05) is 0 Å². The van der Waals surface area contributed by atoms with Crippen LogP contribution in [0.4, 0.5) is 17.6 Å². The first-order chi connectivity index (χ1) is 13.2. The number of amides is 1. The molecule has 1 aromatic heterocycles. The zero-order valence-corrected chi connectivity index (χ0v) is 15.5. The molecule has 0 atom stereocenters. The summed E-state index contributed by atoms with van der Waals surface area (Å²) in [5, 5.41) is 0.534. The second-order valence-electron chi connectivity index (χ2n) is 6.04. The zero-order valence-electron chi connectivity index (χ0n) is 14.7. The van der Waals surface area contributed by atoms with Crippen molar-refractivity contribution in [1.29, 1.82) is 0 Å². The van der Waals surface area contributed by atoms with Crippen LogP contribution in [0.2, 0.25) is 0 Å². The third kappa shape index (κ3) is 4.78. The lowest BCUT2D eigenvalue weighted by Crippen LogP contribution is -2.27. The smallest absolute Gasteiger partial charge is 0.341 e. The summed E-state index contributed by atoms with van der Waals surface area (Å²) in [6.07, 6.45) is -4.68. The number of fused-ring (bicyclic) bond motifs is 1. The Labute approximate surface area is 162 Å². The number of carbonyl (C=O) groups excluding carboxylic acids is 1. The largest absolute Gasteiger partial charge is 0.451 e. The molecule has 3 rings (SSSR count). The molecular weight excluding hydrogens is 394 g/mol. The van der Waals surface area contributed by atoms with E-state index in [9.17, 15) is 22.4 Å². The molecule has 0 bridgehead atoms. The van der Waals surface area contributed by atoms with Crippen LogP contribution in [-0.4, -0.2) is 33.6 Å². The van der Waals surface area contributed by atoms with Gasteiger partial charge in [0.1, 0.15) is 10.8 Å². The number of aromatic nitrogens is 2. The number of para-hydroxylation sites is 1. The fourth-order valence-corrected chi connectivity index (χ4v) is 3.48. The normalized spacial score (nSPS) is 11.6. The Balaban J connectivity index is 1.76. The highest BCUT2D eigenvalue weighted by molar-refractivity contribution is 8.00. The van der Waals surface area contributed by atoms with Crippen LogP contribution in [0.15, 0.2) is 53.6 Å². The van der Waals surface area contributed by atoms with Crippen LogP contribution in [0, 0.1) is 5.82 Å². The standard InChI is InChI=1S/C19H15F4N3OS/c1-26(10-12-5-4-6-13(20)9-12)16(27)11-28-17-14-7-2-3-8-15(14)24-18(25-17)19(21,22)23/h2-9H,10-11H2,1H3. The molecule has 146 valence electrons. The molecule has 0 N–H and O–H groups in total. The van der Waals surface area contributed by atoms with E-state index in [0.29, 0.717) is 10.9 Å². The van der Waals surface area contributed by atoms with Gasteiger partial charge < -0.3 is 4.90 Å². The Morgan fingerprint density at radius 3 is 2.57 bits per heavy atom. The van der Waals surface area contributed by atoms with Gasteiger partial charge in [0.15, 0.2) is 0 Å². The SMILES string of the molecule is CN(Cc1cccc(F)c1)C(=O)CSc1nc(C(F)(F)F)nc2ccccc12. The number of rotatable bonds is 5. The summed E-state index contributed by atoms with van der Waals surface area (Å²) in [5.41, 5.74) is 0.778. The Morgan fingerprint density at radius 2 is 1.86 bits per heavy atom. The summed E-state index contributed by atoms with van der Waals surface area (Å²) in [5.74, 6) is -2.07. The summed E-state index contributed by atoms with van der Waals surface area (Å²) >= 11 is 0.914. The molecule has 1 amide bonds. The number of halogens is 4. The average molecular weight is 409 g/mol. The Kier molecular flexibility index (Phi) is 5.83. The highest BCUT2D eigenvalue weighted by Gasteiger charge is 2.35. The van der Waals surface area contributed by atoms with E-state index in [0.717, 1.165) is 11.8 Å². The maximum atomic E-state index is 13.3. The maximum Gasteiger partial charge on any atom is 0.451 e. The molecule has 0 saturated carbocycles. The van der Waals surface area contributed by atoms with Gasteiger partial charge in [0.05, 0.1) is 11.3 Å². The van der Waals surface area contributed by atoms with E-state index in [-0.39, 0.29) is 28.7 Å². The third-order valence-electron chi connectivity index (χ3n) is 3.89. The summed E-state index contributed by atoms with van der Waals surface area (Å²) in [6, 6.07) is 12.2. The van der Waals surface area contributed by atoms with Gasteiger partial charge >= 0.3 is 6.18 Å². The van der Waals surface area contributed by atoms with Crippen LogP contribution in [0.3, 0.4) is 0 Å². The minimum Gasteiger partial charge on any atom is -0.341 e. The van der Waals surface area contributed by atoms with Crippen molar-refractivity contribution in [2.75, 3.05) is 12.8 Å². The van der Waals surface area contributed by atoms with Crippen molar-refractivity contribution >= 4 is 28.6 Å². The molecule has 0 spiro atoms. The van der Waals surface area contributed by atoms with Crippen molar-refractivity contribution in [2.24, 2.45) is 0 Å². The predicted octanol–water partition coefficient (Wildman–Crippen LogP) is 4.54. The summed E-state index contributed by atoms with van der Waals surface area (Å²) in [6.45, 7) is 0.190. The topological polar surface area (TPSA) is 46.1 Å². The van der Waals surface area contributed by atoms with Gasteiger partial charge in [-0.3, -0.25) is 4.79 Å². The highest BCUT2D eigenvalue weighted by atomic mass is 32.2. The Bertz CT molecular complexity index is 1010. The van der Waals surface area contributed by atoms with Crippen LogP contribution in [-0.2, 0) is 17.5 Å². The predicted molar refractivity (Wildman–Crippen MR) is 98.1 cm³/mol. The molecule has 4 nitrogen and oxygen atoms in total. The summed E-state index contributed by atoms with van der Waals surface area (Å²) < 4.78 is 52.4. The van der Waals surface area contributed by atoms with Gasteiger partial charge in [-0.15, -0.1) is 0 Å². The Morgan fingerprint density at radius 1 is 1.11 bits per heavy atom. The van der Waals surface area contributed by atoms with Crippen molar-refractivity contribution in [3.63, 3.8) is 0 Å². The van der Waals surface area contributed by atoms with Crippen LogP contribution in [0.5, 0.6) is 0 Å². The third-order valence-corrected chi connectivity index (χ3v) is 4.86. The van der Waals surface area contributed by atoms with Crippen LogP contribution in [0.1, 0.15) is 11.4 Å². The molecule has 0 aliphatic carbocycles. The second-order valence-corrected chi connectivity index (χ2v) is 7.00. The van der Waals surface area contributed by atoms with Crippen LogP contribution < -0.4 is 0 Å². The molecule has 0 aliphatic rings. The molecule has 0 saturated heterocycles. The molecule has 2 aromatic carbocycles.